The molecule has 92 heavy (non-hydrogen) atoms. The van der Waals surface area contributed by atoms with Gasteiger partial charge in [-0.25, -0.2) is 29.5 Å². The van der Waals surface area contributed by atoms with Crippen molar-refractivity contribution >= 4 is 35.8 Å². The third-order valence-corrected chi connectivity index (χ3v) is 17.9. The van der Waals surface area contributed by atoms with Gasteiger partial charge in [-0.1, -0.05) is 100 Å². The standard InChI is InChI=1S/C41H51N9O7.C27H29N7O/c1-22(2)33(47-40(54)56-5)38(52)49-17-7-9-31(49)36-43-20-29(45-36)25-13-11-24(12-14-25)27-16-15-26(19-28(27)35(42)51)30-21-44-37(46-30)32-10-8-18-50(32)39(53)34(23(3)4)48-41(55)57-6;28-25(35)20-13-18(24-15-32-27(34-24)22-4-2-12-30-22)9-10-19(20)16-5-7-17(8-6-16)23-14-31-26(33-23)21-3-1-11-29-21/h11-16,19-23,31-34H,7-10,17-18H2,1-6H3,(H2,42,51)(H,43,45)(H,44,46)(H,47,54)(H,48,55);5-10,13-15,21-22,29-30H,1-4,11-12H2,(H2,28,35)(H,31,33)(H,32,34)/t31-,32-,33-,34-;21-,22-/m00/s1. The van der Waals surface area contributed by atoms with Crippen LogP contribution >= 0.6 is 0 Å². The zero-order valence-corrected chi connectivity index (χ0v) is 52.6. The van der Waals surface area contributed by atoms with Crippen molar-refractivity contribution in [1.82, 2.24) is 70.9 Å². The molecule has 6 atom stereocenters. The van der Waals surface area contributed by atoms with Crippen LogP contribution in [0.4, 0.5) is 9.59 Å². The summed E-state index contributed by atoms with van der Waals surface area (Å²) >= 11 is 0. The number of ether oxygens (including phenoxy) is 2. The van der Waals surface area contributed by atoms with E-state index in [1.54, 1.807) is 28.3 Å². The van der Waals surface area contributed by atoms with Crippen molar-refractivity contribution in [3.05, 3.63) is 144 Å². The van der Waals surface area contributed by atoms with E-state index in [2.05, 4.69) is 61.1 Å². The molecule has 480 valence electrons. The molecule has 0 aliphatic carbocycles. The highest BCUT2D eigenvalue weighted by atomic mass is 16.5. The van der Waals surface area contributed by atoms with Crippen molar-refractivity contribution in [2.75, 3.05) is 40.4 Å². The zero-order chi connectivity index (χ0) is 64.7. The number of amides is 6. The van der Waals surface area contributed by atoms with Crippen LogP contribution in [0.25, 0.3) is 67.3 Å². The Morgan fingerprint density at radius 2 is 0.804 bits per heavy atom. The van der Waals surface area contributed by atoms with Gasteiger partial charge in [0, 0.05) is 35.3 Å². The molecule has 24 heteroatoms. The molecule has 4 aromatic heterocycles. The summed E-state index contributed by atoms with van der Waals surface area (Å²) in [6.07, 6.45) is 13.4. The van der Waals surface area contributed by atoms with Gasteiger partial charge in [-0.15, -0.1) is 0 Å². The first kappa shape index (κ1) is 63.6. The highest BCUT2D eigenvalue weighted by Gasteiger charge is 2.39. The number of aromatic nitrogens is 8. The number of nitrogens with two attached hydrogens (primary N) is 2. The van der Waals surface area contributed by atoms with Crippen LogP contribution in [0.15, 0.2) is 110 Å². The van der Waals surface area contributed by atoms with Gasteiger partial charge in [-0.2, -0.15) is 0 Å². The van der Waals surface area contributed by atoms with Gasteiger partial charge in [0.1, 0.15) is 35.4 Å². The molecule has 4 fully saturated rings. The molecule has 12 rings (SSSR count). The lowest BCUT2D eigenvalue weighted by Crippen LogP contribution is -2.51. The molecule has 4 aliphatic heterocycles. The van der Waals surface area contributed by atoms with E-state index in [1.807, 2.05) is 119 Å². The number of carbonyl (C=O) groups excluding carboxylic acids is 6. The Morgan fingerprint density at radius 1 is 0.467 bits per heavy atom. The third-order valence-electron chi connectivity index (χ3n) is 17.9. The monoisotopic (exact) mass is 1250 g/mol. The van der Waals surface area contributed by atoms with Crippen LogP contribution in [0.2, 0.25) is 0 Å². The van der Waals surface area contributed by atoms with Gasteiger partial charge in [-0.05, 0) is 122 Å². The van der Waals surface area contributed by atoms with Crippen molar-refractivity contribution < 1.29 is 38.2 Å². The summed E-state index contributed by atoms with van der Waals surface area (Å²) in [5.74, 6) is 1.49. The predicted octanol–water partition coefficient (Wildman–Crippen LogP) is 9.40. The number of rotatable bonds is 18. The molecule has 24 nitrogen and oxygen atoms in total. The maximum atomic E-state index is 13.6. The quantitative estimate of drug-likeness (QED) is 0.0383. The first-order chi connectivity index (χ1) is 44.5. The van der Waals surface area contributed by atoms with Gasteiger partial charge in [0.15, 0.2) is 0 Å². The zero-order valence-electron chi connectivity index (χ0n) is 52.6. The van der Waals surface area contributed by atoms with Crippen LogP contribution in [0.3, 0.4) is 0 Å². The van der Waals surface area contributed by atoms with Crippen molar-refractivity contribution in [1.29, 1.82) is 0 Å². The number of likely N-dealkylation sites (tertiary alicyclic amines) is 2. The SMILES string of the molecule is COC(=O)N[C@H](C(=O)N1CCC[C@H]1c1ncc(-c2ccc(-c3ccc(-c4cnc([C@@H]5CCCN5C(=O)[C@@H](NC(=O)OC)C(C)C)[nH]4)cc3C(N)=O)cc2)[nH]1)C(C)C.NC(=O)c1cc(-c2cnc([C@@H]3CCCN3)[nH]2)ccc1-c1ccc(-c2cnc([C@@H]3CCCN3)[nH]2)cc1. The van der Waals surface area contributed by atoms with E-state index in [0.29, 0.717) is 65.1 Å². The topological polar surface area (TPSA) is 342 Å². The van der Waals surface area contributed by atoms with E-state index < -0.39 is 36.1 Å². The van der Waals surface area contributed by atoms with E-state index >= 15 is 0 Å². The number of imidazole rings is 4. The number of carbonyl (C=O) groups is 6. The first-order valence-electron chi connectivity index (χ1n) is 31.5. The smallest absolute Gasteiger partial charge is 0.407 e. The van der Waals surface area contributed by atoms with Crippen LogP contribution in [-0.4, -0.2) is 138 Å². The minimum absolute atomic E-state index is 0.136. The van der Waals surface area contributed by atoms with E-state index in [1.165, 1.54) is 20.6 Å². The summed E-state index contributed by atoms with van der Waals surface area (Å²) in [6, 6.07) is 25.6. The Morgan fingerprint density at radius 3 is 1.14 bits per heavy atom. The number of methoxy groups -OCH3 is 2. The summed E-state index contributed by atoms with van der Waals surface area (Å²) in [6.45, 7) is 10.6. The highest BCUT2D eigenvalue weighted by Crippen LogP contribution is 2.38. The fourth-order valence-corrected chi connectivity index (χ4v) is 12.8. The number of aromatic amines is 4. The van der Waals surface area contributed by atoms with Crippen LogP contribution < -0.4 is 32.7 Å². The lowest BCUT2D eigenvalue weighted by atomic mass is 9.95. The van der Waals surface area contributed by atoms with Gasteiger partial charge in [0.2, 0.25) is 23.6 Å². The van der Waals surface area contributed by atoms with Crippen LogP contribution in [0.1, 0.15) is 147 Å². The van der Waals surface area contributed by atoms with Gasteiger partial charge < -0.3 is 71.9 Å². The fourth-order valence-electron chi connectivity index (χ4n) is 12.8. The number of H-pyrrole nitrogens is 4. The summed E-state index contributed by atoms with van der Waals surface area (Å²) in [7, 11) is 2.54. The minimum Gasteiger partial charge on any atom is -0.453 e. The molecular weight excluding hydrogens is 1170 g/mol. The largest absolute Gasteiger partial charge is 0.453 e. The Bertz CT molecular complexity index is 3950. The lowest BCUT2D eigenvalue weighted by molar-refractivity contribution is -0.136. The molecule has 0 saturated carbocycles. The van der Waals surface area contributed by atoms with Crippen LogP contribution in [-0.2, 0) is 19.1 Å². The number of primary amides is 2. The number of alkyl carbamates (subject to hydrolysis) is 2. The maximum absolute atomic E-state index is 13.6. The number of nitrogens with one attached hydrogen (secondary N) is 8. The van der Waals surface area contributed by atoms with Gasteiger partial charge in [-0.3, -0.25) is 19.2 Å². The number of hydrogen-bond acceptors (Lipinski definition) is 14. The van der Waals surface area contributed by atoms with E-state index in [9.17, 15) is 28.8 Å². The molecular formula is C68H80N16O8. The fraction of sp³-hybridized carbons (Fsp3) is 0.382. The predicted molar refractivity (Wildman–Crippen MR) is 347 cm³/mol. The summed E-state index contributed by atoms with van der Waals surface area (Å²) in [5, 5.41) is 12.3. The first-order valence-corrected chi connectivity index (χ1v) is 31.5. The maximum Gasteiger partial charge on any atom is 0.407 e. The Labute approximate surface area is 533 Å². The molecule has 4 saturated heterocycles. The number of nitrogens with zero attached hydrogens (tertiary/aromatic N) is 6. The van der Waals surface area contributed by atoms with E-state index in [4.69, 9.17) is 20.9 Å². The van der Waals surface area contributed by atoms with Gasteiger partial charge in [0.05, 0.1) is 86.0 Å². The van der Waals surface area contributed by atoms with E-state index in [-0.39, 0.29) is 41.8 Å². The molecule has 12 N–H and O–H groups in total. The molecule has 4 aliphatic rings. The summed E-state index contributed by atoms with van der Waals surface area (Å²) in [4.78, 5) is 112. The summed E-state index contributed by atoms with van der Waals surface area (Å²) in [5.41, 5.74) is 22.5. The van der Waals surface area contributed by atoms with Crippen molar-refractivity contribution in [2.45, 2.75) is 115 Å². The lowest BCUT2D eigenvalue weighted by Gasteiger charge is -2.30. The molecule has 0 unspecified atom stereocenters. The highest BCUT2D eigenvalue weighted by molar-refractivity contribution is 6.02. The van der Waals surface area contributed by atoms with Crippen molar-refractivity contribution in [2.24, 2.45) is 23.3 Å². The Hall–Kier alpha value is -9.94. The Balaban J connectivity index is 0.000000210. The van der Waals surface area contributed by atoms with Crippen LogP contribution in [0, 0.1) is 11.8 Å². The molecule has 4 aromatic carbocycles. The van der Waals surface area contributed by atoms with E-state index in [0.717, 1.165) is 114 Å². The second kappa shape index (κ2) is 28.1. The molecule has 8 aromatic rings. The molecule has 8 heterocycles. The molecule has 6 amide bonds. The second-order valence-electron chi connectivity index (χ2n) is 24.5. The van der Waals surface area contributed by atoms with Crippen molar-refractivity contribution in [3.8, 4) is 67.3 Å². The molecule has 0 bridgehead atoms. The van der Waals surface area contributed by atoms with Crippen molar-refractivity contribution in [3.63, 3.8) is 0 Å². The molecule has 0 radical (unpaired) electrons. The van der Waals surface area contributed by atoms with Gasteiger partial charge >= 0.3 is 12.2 Å². The van der Waals surface area contributed by atoms with Gasteiger partial charge in [0.25, 0.3) is 0 Å². The normalized spacial score (nSPS) is 18.6. The summed E-state index contributed by atoms with van der Waals surface area (Å²) < 4.78 is 9.49. The number of hydrogen-bond donors (Lipinski definition) is 10. The van der Waals surface area contributed by atoms with Crippen LogP contribution in [0.5, 0.6) is 0 Å². The minimum atomic E-state index is -0.744. The number of benzene rings is 4. The average Bonchev–Trinajstić information content (AvgIpc) is 1.49. The third kappa shape index (κ3) is 13.9. The molecule has 0 spiro atoms. The Kier molecular flexibility index (Phi) is 19.4. The average molecular weight is 1250 g/mol. The second-order valence-corrected chi connectivity index (χ2v) is 24.5.